The average molecular weight is 184 g/mol. The minimum Gasteiger partial charge on any atom is -0.442 e. The van der Waals surface area contributed by atoms with Crippen molar-refractivity contribution in [2.75, 3.05) is 6.54 Å². The third-order valence-corrected chi connectivity index (χ3v) is 1.25. The van der Waals surface area contributed by atoms with E-state index in [1.165, 1.54) is 0 Å². The summed E-state index contributed by atoms with van der Waals surface area (Å²) in [5, 5.41) is 4.59. The van der Waals surface area contributed by atoms with Gasteiger partial charge < -0.3 is 4.74 Å². The number of Topliss-reactive ketones (excluding diaryl/α,β-unsaturated/α-hetero) is 1. The first kappa shape index (κ1) is 9.70. The molecule has 0 unspecified atom stereocenters. The van der Waals surface area contributed by atoms with E-state index >= 15 is 0 Å². The third-order valence-electron chi connectivity index (χ3n) is 1.25. The van der Waals surface area contributed by atoms with Gasteiger partial charge in [-0.2, -0.15) is 10.1 Å². The first-order valence-corrected chi connectivity index (χ1v) is 3.96. The van der Waals surface area contributed by atoms with Crippen molar-refractivity contribution in [2.24, 2.45) is 5.10 Å². The van der Waals surface area contributed by atoms with Gasteiger partial charge in [-0.25, -0.2) is 4.79 Å². The summed E-state index contributed by atoms with van der Waals surface area (Å²) in [6, 6.07) is 0. The fourth-order valence-electron chi connectivity index (χ4n) is 0.790. The molecule has 0 aromatic heterocycles. The molecule has 0 aromatic carbocycles. The number of carbonyl (C=O) groups excluding carboxylic acids is 2. The van der Waals surface area contributed by atoms with Crippen LogP contribution in [0.4, 0.5) is 4.79 Å². The van der Waals surface area contributed by atoms with Gasteiger partial charge in [0.2, 0.25) is 0 Å². The second kappa shape index (κ2) is 3.16. The Morgan fingerprint density at radius 3 is 2.62 bits per heavy atom. The Kier molecular flexibility index (Phi) is 2.36. The van der Waals surface area contributed by atoms with Crippen molar-refractivity contribution in [3.05, 3.63) is 0 Å². The summed E-state index contributed by atoms with van der Waals surface area (Å²) in [7, 11) is 0. The maximum atomic E-state index is 11.2. The molecular formula is C8H12N2O3. The lowest BCUT2D eigenvalue weighted by molar-refractivity contribution is -0.112. The topological polar surface area (TPSA) is 59.0 Å². The molecular weight excluding hydrogens is 172 g/mol. The van der Waals surface area contributed by atoms with Crippen LogP contribution in [0.1, 0.15) is 20.8 Å². The second-order valence-corrected chi connectivity index (χ2v) is 3.75. The van der Waals surface area contributed by atoms with Crippen LogP contribution in [0.5, 0.6) is 0 Å². The van der Waals surface area contributed by atoms with E-state index in [1.807, 2.05) is 0 Å². The molecule has 0 aromatic rings. The number of carbonyl (C=O) groups is 2. The van der Waals surface area contributed by atoms with E-state index in [2.05, 4.69) is 5.10 Å². The van der Waals surface area contributed by atoms with Gasteiger partial charge in [0.05, 0.1) is 6.21 Å². The Morgan fingerprint density at radius 2 is 2.23 bits per heavy atom. The van der Waals surface area contributed by atoms with E-state index in [9.17, 15) is 9.59 Å². The van der Waals surface area contributed by atoms with Crippen molar-refractivity contribution in [3.63, 3.8) is 0 Å². The molecule has 0 bridgehead atoms. The van der Waals surface area contributed by atoms with Crippen LogP contribution in [-0.4, -0.2) is 35.2 Å². The lowest BCUT2D eigenvalue weighted by Crippen LogP contribution is -2.33. The fraction of sp³-hybridized carbons (Fsp3) is 0.625. The van der Waals surface area contributed by atoms with Gasteiger partial charge in [0, 0.05) is 0 Å². The normalized spacial score (nSPS) is 16.5. The number of ketones is 1. The highest BCUT2D eigenvalue weighted by Crippen LogP contribution is 2.11. The molecule has 13 heavy (non-hydrogen) atoms. The van der Waals surface area contributed by atoms with Crippen LogP contribution in [0.15, 0.2) is 5.10 Å². The highest BCUT2D eigenvalue weighted by molar-refractivity contribution is 6.30. The smallest absolute Gasteiger partial charge is 0.431 e. The van der Waals surface area contributed by atoms with Gasteiger partial charge in [-0.05, 0) is 20.8 Å². The lowest BCUT2D eigenvalue weighted by Gasteiger charge is -2.21. The zero-order valence-corrected chi connectivity index (χ0v) is 7.90. The highest BCUT2D eigenvalue weighted by atomic mass is 16.6. The van der Waals surface area contributed by atoms with Crippen LogP contribution in [0.25, 0.3) is 0 Å². The van der Waals surface area contributed by atoms with E-state index in [0.717, 1.165) is 11.2 Å². The molecule has 0 saturated carbocycles. The van der Waals surface area contributed by atoms with Gasteiger partial charge in [-0.1, -0.05) is 0 Å². The Labute approximate surface area is 76.3 Å². The predicted octanol–water partition coefficient (Wildman–Crippen LogP) is 0.792. The van der Waals surface area contributed by atoms with E-state index in [0.29, 0.717) is 0 Å². The Hall–Kier alpha value is -1.39. The maximum Gasteiger partial charge on any atom is 0.431 e. The fourth-order valence-corrected chi connectivity index (χ4v) is 0.790. The minimum absolute atomic E-state index is 0.0189. The molecule has 1 amide bonds. The lowest BCUT2D eigenvalue weighted by atomic mass is 10.2. The van der Waals surface area contributed by atoms with Crippen molar-refractivity contribution in [1.29, 1.82) is 0 Å². The molecule has 1 aliphatic rings. The molecule has 0 radical (unpaired) electrons. The maximum absolute atomic E-state index is 11.2. The number of nitrogens with zero attached hydrogens (tertiary/aromatic N) is 2. The quantitative estimate of drug-likeness (QED) is 0.559. The highest BCUT2D eigenvalue weighted by Gasteiger charge is 2.25. The van der Waals surface area contributed by atoms with Crippen LogP contribution in [0.2, 0.25) is 0 Å². The van der Waals surface area contributed by atoms with Gasteiger partial charge in [0.15, 0.2) is 5.78 Å². The second-order valence-electron chi connectivity index (χ2n) is 3.75. The Balaban J connectivity index is 2.51. The minimum atomic E-state index is -0.588. The van der Waals surface area contributed by atoms with Crippen molar-refractivity contribution in [3.8, 4) is 0 Å². The van der Waals surface area contributed by atoms with E-state index in [-0.39, 0.29) is 12.3 Å². The summed E-state index contributed by atoms with van der Waals surface area (Å²) in [6.07, 6.45) is 0.527. The van der Waals surface area contributed by atoms with Crippen molar-refractivity contribution < 1.29 is 14.3 Å². The summed E-state index contributed by atoms with van der Waals surface area (Å²) in [5.74, 6) is -0.189. The van der Waals surface area contributed by atoms with Crippen LogP contribution in [-0.2, 0) is 9.53 Å². The molecule has 0 aliphatic carbocycles. The molecule has 1 rings (SSSR count). The third kappa shape index (κ3) is 2.85. The Bertz CT molecular complexity index is 265. The molecule has 0 spiro atoms. The van der Waals surface area contributed by atoms with E-state index in [1.54, 1.807) is 20.8 Å². The van der Waals surface area contributed by atoms with Gasteiger partial charge in [0.25, 0.3) is 0 Å². The average Bonchev–Trinajstić information content (AvgIpc) is 2.31. The summed E-state index contributed by atoms with van der Waals surface area (Å²) in [6.45, 7) is 5.25. The molecule has 1 aliphatic heterocycles. The number of amides is 1. The zero-order chi connectivity index (χ0) is 10.1. The molecule has 72 valence electrons. The molecule has 5 heteroatoms. The molecule has 0 saturated heterocycles. The summed E-state index contributed by atoms with van der Waals surface area (Å²) in [5.41, 5.74) is -0.557. The number of hydrogen-bond donors (Lipinski definition) is 0. The van der Waals surface area contributed by atoms with Crippen LogP contribution in [0, 0.1) is 0 Å². The standard InChI is InChI=1S/C8H12N2O3/c1-8(2,3)13-7(12)10-5-6(11)4-9-10/h4H,5H2,1-3H3. The zero-order valence-electron chi connectivity index (χ0n) is 7.90. The number of hydrazone groups is 1. The number of hydrogen-bond acceptors (Lipinski definition) is 4. The monoisotopic (exact) mass is 184 g/mol. The molecule has 5 nitrogen and oxygen atoms in total. The number of ether oxygens (including phenoxy) is 1. The number of rotatable bonds is 0. The van der Waals surface area contributed by atoms with Crippen LogP contribution < -0.4 is 0 Å². The summed E-state index contributed by atoms with van der Waals surface area (Å²) >= 11 is 0. The Morgan fingerprint density at radius 1 is 1.62 bits per heavy atom. The first-order chi connectivity index (χ1) is 5.88. The molecule has 0 atom stereocenters. The summed E-state index contributed by atoms with van der Waals surface area (Å²) < 4.78 is 4.99. The van der Waals surface area contributed by atoms with Crippen molar-refractivity contribution >= 4 is 18.1 Å². The van der Waals surface area contributed by atoms with E-state index in [4.69, 9.17) is 4.74 Å². The van der Waals surface area contributed by atoms with Crippen LogP contribution >= 0.6 is 0 Å². The van der Waals surface area contributed by atoms with E-state index < -0.39 is 11.7 Å². The molecule has 0 fully saturated rings. The van der Waals surface area contributed by atoms with Crippen molar-refractivity contribution in [2.45, 2.75) is 26.4 Å². The van der Waals surface area contributed by atoms with Gasteiger partial charge in [-0.3, -0.25) is 4.79 Å². The van der Waals surface area contributed by atoms with Gasteiger partial charge >= 0.3 is 6.09 Å². The SMILES string of the molecule is CC(C)(C)OC(=O)N1CC(=O)C=N1. The van der Waals surface area contributed by atoms with Gasteiger partial charge in [0.1, 0.15) is 12.1 Å². The van der Waals surface area contributed by atoms with Crippen molar-refractivity contribution in [1.82, 2.24) is 5.01 Å². The molecule has 1 heterocycles. The first-order valence-electron chi connectivity index (χ1n) is 3.96. The van der Waals surface area contributed by atoms with Gasteiger partial charge in [-0.15, -0.1) is 0 Å². The summed E-state index contributed by atoms with van der Waals surface area (Å²) in [4.78, 5) is 22.0. The molecule has 0 N–H and O–H groups in total. The predicted molar refractivity (Wildman–Crippen MR) is 46.4 cm³/mol. The van der Waals surface area contributed by atoms with Crippen LogP contribution in [0.3, 0.4) is 0 Å². The largest absolute Gasteiger partial charge is 0.442 e.